The summed E-state index contributed by atoms with van der Waals surface area (Å²) < 4.78 is 0. The van der Waals surface area contributed by atoms with Gasteiger partial charge in [-0.25, -0.2) is 4.98 Å². The van der Waals surface area contributed by atoms with E-state index in [9.17, 15) is 5.26 Å². The van der Waals surface area contributed by atoms with Crippen LogP contribution in [0.1, 0.15) is 30.9 Å². The maximum absolute atomic E-state index is 9.29. The van der Waals surface area contributed by atoms with Gasteiger partial charge in [0, 0.05) is 25.3 Å². The Morgan fingerprint density at radius 1 is 1.36 bits per heavy atom. The van der Waals surface area contributed by atoms with Crippen LogP contribution in [0, 0.1) is 11.3 Å². The summed E-state index contributed by atoms with van der Waals surface area (Å²) in [6.07, 6.45) is 1.83. The van der Waals surface area contributed by atoms with E-state index in [-0.39, 0.29) is 12.1 Å². The maximum Gasteiger partial charge on any atom is 0.129 e. The molecule has 3 atom stereocenters. The van der Waals surface area contributed by atoms with Gasteiger partial charge in [0.05, 0.1) is 23.0 Å². The van der Waals surface area contributed by atoms with Crippen molar-refractivity contribution in [3.63, 3.8) is 0 Å². The van der Waals surface area contributed by atoms with Crippen LogP contribution < -0.4 is 16.0 Å². The summed E-state index contributed by atoms with van der Waals surface area (Å²) >= 11 is 5.85. The number of anilines is 2. The van der Waals surface area contributed by atoms with Crippen LogP contribution in [0.4, 0.5) is 11.4 Å². The third-order valence-electron chi connectivity index (χ3n) is 4.70. The second-order valence-electron chi connectivity index (χ2n) is 6.48. The van der Waals surface area contributed by atoms with E-state index in [1.54, 1.807) is 0 Å². The molecule has 0 amide bonds. The van der Waals surface area contributed by atoms with Crippen molar-refractivity contribution in [2.24, 2.45) is 0 Å². The topological polar surface area (TPSA) is 72.8 Å². The minimum atomic E-state index is 0.206. The average molecular weight is 356 g/mol. The largest absolute Gasteiger partial charge is 0.381 e. The van der Waals surface area contributed by atoms with Gasteiger partial charge in [-0.3, -0.25) is 0 Å². The van der Waals surface area contributed by atoms with Crippen molar-refractivity contribution in [2.45, 2.75) is 31.8 Å². The summed E-state index contributed by atoms with van der Waals surface area (Å²) in [5, 5.41) is 20.3. The molecule has 1 aromatic carbocycles. The van der Waals surface area contributed by atoms with E-state index in [4.69, 9.17) is 11.6 Å². The number of hydrogen-bond donors (Lipinski definition) is 3. The molecule has 0 spiro atoms. The lowest BCUT2D eigenvalue weighted by Gasteiger charge is -2.33. The van der Waals surface area contributed by atoms with E-state index in [0.29, 0.717) is 16.6 Å². The molecule has 130 valence electrons. The summed E-state index contributed by atoms with van der Waals surface area (Å²) in [4.78, 5) is 4.15. The van der Waals surface area contributed by atoms with Gasteiger partial charge in [0.2, 0.25) is 0 Å². The number of halogens is 1. The third kappa shape index (κ3) is 4.04. The fraction of sp³-hybridized carbons (Fsp3) is 0.368. The van der Waals surface area contributed by atoms with E-state index in [2.05, 4.69) is 40.9 Å². The van der Waals surface area contributed by atoms with Crippen molar-refractivity contribution in [2.75, 3.05) is 23.7 Å². The molecule has 3 rings (SSSR count). The number of fused-ring (bicyclic) bond motifs is 1. The monoisotopic (exact) mass is 355 g/mol. The molecule has 1 aliphatic rings. The molecule has 25 heavy (non-hydrogen) atoms. The normalized spacial score (nSPS) is 18.2. The Morgan fingerprint density at radius 3 is 2.92 bits per heavy atom. The van der Waals surface area contributed by atoms with E-state index < -0.39 is 0 Å². The molecule has 2 aromatic rings. The fourth-order valence-corrected chi connectivity index (χ4v) is 3.12. The van der Waals surface area contributed by atoms with Crippen molar-refractivity contribution < 1.29 is 0 Å². The molecule has 3 N–H and O–H groups in total. The Balaban J connectivity index is 1.59. The zero-order valence-corrected chi connectivity index (χ0v) is 15.1. The molecule has 0 bridgehead atoms. The molecule has 2 heterocycles. The Bertz CT molecular complexity index is 768. The second-order valence-corrected chi connectivity index (χ2v) is 6.87. The third-order valence-corrected chi connectivity index (χ3v) is 4.92. The summed E-state index contributed by atoms with van der Waals surface area (Å²) in [7, 11) is 0. The molecule has 1 aliphatic heterocycles. The van der Waals surface area contributed by atoms with Crippen LogP contribution in [0.15, 0.2) is 36.5 Å². The lowest BCUT2D eigenvalue weighted by molar-refractivity contribution is 0.467. The first-order valence-electron chi connectivity index (χ1n) is 8.47. The highest BCUT2D eigenvalue weighted by Crippen LogP contribution is 2.30. The van der Waals surface area contributed by atoms with Crippen molar-refractivity contribution in [1.82, 2.24) is 10.3 Å². The predicted molar refractivity (Wildman–Crippen MR) is 102 cm³/mol. The Labute approximate surface area is 153 Å². The van der Waals surface area contributed by atoms with E-state index in [1.165, 1.54) is 0 Å². The number of nitriles is 1. The van der Waals surface area contributed by atoms with E-state index >= 15 is 0 Å². The van der Waals surface area contributed by atoms with Crippen LogP contribution in [-0.4, -0.2) is 30.2 Å². The number of hydrogen-bond acceptors (Lipinski definition) is 5. The SMILES string of the molecule is C[C@H](CN[C@H](C)[C@H]1CNc2cccc(C#N)c2N1)c1ccc(Cl)nc1. The molecule has 0 radical (unpaired) electrons. The van der Waals surface area contributed by atoms with Crippen LogP contribution in [0.25, 0.3) is 0 Å². The Kier molecular flexibility index (Phi) is 5.42. The fourth-order valence-electron chi connectivity index (χ4n) is 3.01. The van der Waals surface area contributed by atoms with Crippen LogP contribution in [0.3, 0.4) is 0 Å². The maximum atomic E-state index is 9.29. The highest BCUT2D eigenvalue weighted by Gasteiger charge is 2.24. The number of nitrogens with one attached hydrogen (secondary N) is 3. The number of rotatable bonds is 5. The first kappa shape index (κ1) is 17.5. The Morgan fingerprint density at radius 2 is 2.20 bits per heavy atom. The van der Waals surface area contributed by atoms with Crippen LogP contribution in [0.2, 0.25) is 5.15 Å². The van der Waals surface area contributed by atoms with Crippen LogP contribution >= 0.6 is 11.6 Å². The molecule has 0 fully saturated rings. The highest BCUT2D eigenvalue weighted by atomic mass is 35.5. The number of benzene rings is 1. The van der Waals surface area contributed by atoms with Gasteiger partial charge in [0.1, 0.15) is 11.2 Å². The molecule has 6 heteroatoms. The first-order chi connectivity index (χ1) is 12.1. The summed E-state index contributed by atoms with van der Waals surface area (Å²) in [6, 6.07) is 12.3. The van der Waals surface area contributed by atoms with E-state index in [0.717, 1.165) is 30.0 Å². The Hall–Kier alpha value is -2.29. The van der Waals surface area contributed by atoms with Crippen LogP contribution in [-0.2, 0) is 0 Å². The van der Waals surface area contributed by atoms with E-state index in [1.807, 2.05) is 36.5 Å². The van der Waals surface area contributed by atoms with Crippen LogP contribution in [0.5, 0.6) is 0 Å². The molecule has 1 aromatic heterocycles. The molecule has 0 saturated heterocycles. The van der Waals surface area contributed by atoms with Gasteiger partial charge >= 0.3 is 0 Å². The highest BCUT2D eigenvalue weighted by molar-refractivity contribution is 6.29. The number of aromatic nitrogens is 1. The number of para-hydroxylation sites is 1. The second kappa shape index (κ2) is 7.73. The molecule has 0 unspecified atom stereocenters. The van der Waals surface area contributed by atoms with Gasteiger partial charge in [0.25, 0.3) is 0 Å². The van der Waals surface area contributed by atoms with Crippen molar-refractivity contribution >= 4 is 23.0 Å². The zero-order valence-electron chi connectivity index (χ0n) is 14.4. The van der Waals surface area contributed by atoms with Gasteiger partial charge in [0.15, 0.2) is 0 Å². The molecule has 0 aliphatic carbocycles. The first-order valence-corrected chi connectivity index (χ1v) is 8.84. The molecular formula is C19H22ClN5. The van der Waals surface area contributed by atoms with Crippen molar-refractivity contribution in [3.8, 4) is 6.07 Å². The zero-order chi connectivity index (χ0) is 17.8. The standard InChI is InChI=1S/C19H22ClN5/c1-12(15-6-7-18(20)24-10-15)9-22-13(2)17-11-23-16-5-3-4-14(8-21)19(16)25-17/h3-7,10,12-13,17,22-23,25H,9,11H2,1-2H3/t12-,13-,17-/m1/s1. The van der Waals surface area contributed by atoms with Gasteiger partial charge in [-0.2, -0.15) is 5.26 Å². The quantitative estimate of drug-likeness (QED) is 0.715. The summed E-state index contributed by atoms with van der Waals surface area (Å²) in [5.74, 6) is 0.339. The van der Waals surface area contributed by atoms with Gasteiger partial charge in [-0.05, 0) is 36.6 Å². The summed E-state index contributed by atoms with van der Waals surface area (Å²) in [6.45, 7) is 5.98. The molecule has 5 nitrogen and oxygen atoms in total. The van der Waals surface area contributed by atoms with Crippen molar-refractivity contribution in [3.05, 3.63) is 52.8 Å². The number of nitrogens with zero attached hydrogens (tertiary/aromatic N) is 2. The smallest absolute Gasteiger partial charge is 0.129 e. The predicted octanol–water partition coefficient (Wildman–Crippen LogP) is 3.59. The average Bonchev–Trinajstić information content (AvgIpc) is 2.65. The van der Waals surface area contributed by atoms with Gasteiger partial charge < -0.3 is 16.0 Å². The van der Waals surface area contributed by atoms with Crippen molar-refractivity contribution in [1.29, 1.82) is 5.26 Å². The molecular weight excluding hydrogens is 334 g/mol. The number of pyridine rings is 1. The van der Waals surface area contributed by atoms with Gasteiger partial charge in [-0.1, -0.05) is 30.7 Å². The minimum absolute atomic E-state index is 0.206. The minimum Gasteiger partial charge on any atom is -0.381 e. The lowest BCUT2D eigenvalue weighted by Crippen LogP contribution is -2.48. The molecule has 0 saturated carbocycles. The van der Waals surface area contributed by atoms with Gasteiger partial charge in [-0.15, -0.1) is 0 Å². The lowest BCUT2D eigenvalue weighted by atomic mass is 10.0. The summed E-state index contributed by atoms with van der Waals surface area (Å²) in [5.41, 5.74) is 3.71.